The summed E-state index contributed by atoms with van der Waals surface area (Å²) >= 11 is 0. The second kappa shape index (κ2) is 7.70. The van der Waals surface area contributed by atoms with Gasteiger partial charge >= 0.3 is 5.97 Å². The van der Waals surface area contributed by atoms with E-state index in [0.717, 1.165) is 22.4 Å². The first-order valence-corrected chi connectivity index (χ1v) is 8.63. The number of benzene rings is 3. The van der Waals surface area contributed by atoms with Gasteiger partial charge in [-0.05, 0) is 41.5 Å². The Hall–Kier alpha value is -3.66. The Kier molecular flexibility index (Phi) is 4.79. The van der Waals surface area contributed by atoms with Gasteiger partial charge in [0.2, 0.25) is 5.90 Å². The highest BCUT2D eigenvalue weighted by molar-refractivity contribution is 6.12. The van der Waals surface area contributed by atoms with Gasteiger partial charge in [0, 0.05) is 5.56 Å². The molecule has 0 bridgehead atoms. The molecule has 0 aromatic heterocycles. The molecule has 0 radical (unpaired) electrons. The molecule has 0 aliphatic carbocycles. The van der Waals surface area contributed by atoms with E-state index in [4.69, 9.17) is 9.47 Å². The monoisotopic (exact) mass is 355 g/mol. The van der Waals surface area contributed by atoms with Crippen molar-refractivity contribution < 1.29 is 14.3 Å². The molecule has 0 spiro atoms. The molecule has 4 nitrogen and oxygen atoms in total. The third kappa shape index (κ3) is 4.12. The fourth-order valence-electron chi connectivity index (χ4n) is 2.67. The summed E-state index contributed by atoms with van der Waals surface area (Å²) < 4.78 is 11.0. The maximum absolute atomic E-state index is 12.1. The Bertz CT molecular complexity index is 991. The molecular weight excluding hydrogens is 338 g/mol. The van der Waals surface area contributed by atoms with Crippen LogP contribution in [0.3, 0.4) is 0 Å². The molecule has 0 saturated carbocycles. The number of rotatable bonds is 5. The number of carbonyl (C=O) groups excluding carboxylic acids is 1. The van der Waals surface area contributed by atoms with Crippen LogP contribution in [0.25, 0.3) is 6.08 Å². The zero-order valence-corrected chi connectivity index (χ0v) is 14.5. The van der Waals surface area contributed by atoms with E-state index in [1.807, 2.05) is 84.9 Å². The molecule has 132 valence electrons. The van der Waals surface area contributed by atoms with Crippen LogP contribution in [-0.2, 0) is 16.1 Å². The van der Waals surface area contributed by atoms with Crippen molar-refractivity contribution in [2.75, 3.05) is 0 Å². The lowest BCUT2D eigenvalue weighted by Gasteiger charge is -2.06. The predicted molar refractivity (Wildman–Crippen MR) is 104 cm³/mol. The van der Waals surface area contributed by atoms with Crippen molar-refractivity contribution in [2.24, 2.45) is 4.99 Å². The van der Waals surface area contributed by atoms with Crippen molar-refractivity contribution in [3.63, 3.8) is 0 Å². The van der Waals surface area contributed by atoms with Crippen molar-refractivity contribution >= 4 is 17.9 Å². The van der Waals surface area contributed by atoms with E-state index < -0.39 is 5.97 Å². The van der Waals surface area contributed by atoms with E-state index in [1.165, 1.54) is 0 Å². The minimum absolute atomic E-state index is 0.284. The normalized spacial score (nSPS) is 14.7. The lowest BCUT2D eigenvalue weighted by molar-refractivity contribution is -0.129. The Labute approximate surface area is 157 Å². The molecule has 1 heterocycles. The molecule has 4 heteroatoms. The van der Waals surface area contributed by atoms with Crippen LogP contribution < -0.4 is 4.74 Å². The number of ether oxygens (including phenoxy) is 2. The second-order valence-corrected chi connectivity index (χ2v) is 6.05. The average molecular weight is 355 g/mol. The van der Waals surface area contributed by atoms with Crippen LogP contribution in [-0.4, -0.2) is 11.9 Å². The lowest BCUT2D eigenvalue weighted by Crippen LogP contribution is -2.04. The standard InChI is InChI=1S/C23H17NO3/c25-23-21(24-22(27-23)19-9-5-2-6-10-19)15-17-11-13-20(14-12-17)26-16-18-7-3-1-4-8-18/h1-15H,16H2/b21-15-. The third-order valence-corrected chi connectivity index (χ3v) is 4.07. The number of cyclic esters (lactones) is 1. The fourth-order valence-corrected chi connectivity index (χ4v) is 2.67. The van der Waals surface area contributed by atoms with E-state index in [0.29, 0.717) is 12.5 Å². The van der Waals surface area contributed by atoms with Crippen LogP contribution in [0.2, 0.25) is 0 Å². The van der Waals surface area contributed by atoms with Crippen molar-refractivity contribution in [3.8, 4) is 5.75 Å². The minimum atomic E-state index is -0.446. The van der Waals surface area contributed by atoms with Gasteiger partial charge in [0.15, 0.2) is 5.70 Å². The van der Waals surface area contributed by atoms with E-state index in [9.17, 15) is 4.79 Å². The summed E-state index contributed by atoms with van der Waals surface area (Å²) in [6, 6.07) is 26.9. The first kappa shape index (κ1) is 16.8. The summed E-state index contributed by atoms with van der Waals surface area (Å²) in [5, 5.41) is 0. The molecule has 3 aromatic carbocycles. The quantitative estimate of drug-likeness (QED) is 0.496. The van der Waals surface area contributed by atoms with Gasteiger partial charge in [-0.25, -0.2) is 9.79 Å². The molecule has 0 amide bonds. The highest BCUT2D eigenvalue weighted by Crippen LogP contribution is 2.21. The molecule has 4 rings (SSSR count). The number of hydrogen-bond acceptors (Lipinski definition) is 4. The van der Waals surface area contributed by atoms with Crippen LogP contribution >= 0.6 is 0 Å². The Morgan fingerprint density at radius 3 is 2.22 bits per heavy atom. The van der Waals surface area contributed by atoms with Gasteiger partial charge in [0.25, 0.3) is 0 Å². The van der Waals surface area contributed by atoms with Gasteiger partial charge in [-0.15, -0.1) is 0 Å². The smallest absolute Gasteiger partial charge is 0.363 e. The first-order valence-electron chi connectivity index (χ1n) is 8.63. The molecule has 3 aromatic rings. The summed E-state index contributed by atoms with van der Waals surface area (Å²) in [7, 11) is 0. The van der Waals surface area contributed by atoms with Gasteiger partial charge < -0.3 is 9.47 Å². The largest absolute Gasteiger partial charge is 0.489 e. The van der Waals surface area contributed by atoms with Crippen LogP contribution in [0.5, 0.6) is 5.75 Å². The second-order valence-electron chi connectivity index (χ2n) is 6.05. The number of nitrogens with zero attached hydrogens (tertiary/aromatic N) is 1. The van der Waals surface area contributed by atoms with Crippen molar-refractivity contribution in [1.29, 1.82) is 0 Å². The zero-order chi connectivity index (χ0) is 18.5. The lowest BCUT2D eigenvalue weighted by atomic mass is 10.2. The van der Waals surface area contributed by atoms with Crippen molar-refractivity contribution in [3.05, 3.63) is 107 Å². The molecule has 0 N–H and O–H groups in total. The SMILES string of the molecule is O=C1OC(c2ccccc2)=N/C1=C\c1ccc(OCc2ccccc2)cc1. The Balaban J connectivity index is 1.46. The summed E-state index contributed by atoms with van der Waals surface area (Å²) in [6.07, 6.45) is 1.71. The van der Waals surface area contributed by atoms with Gasteiger partial charge in [0.1, 0.15) is 12.4 Å². The predicted octanol–water partition coefficient (Wildman–Crippen LogP) is 4.61. The van der Waals surface area contributed by atoms with E-state index in [1.54, 1.807) is 6.08 Å². The van der Waals surface area contributed by atoms with Gasteiger partial charge in [-0.2, -0.15) is 0 Å². The number of carbonyl (C=O) groups is 1. The minimum Gasteiger partial charge on any atom is -0.489 e. The molecular formula is C23H17NO3. The van der Waals surface area contributed by atoms with Gasteiger partial charge in [0.05, 0.1) is 0 Å². The van der Waals surface area contributed by atoms with Crippen LogP contribution in [0.1, 0.15) is 16.7 Å². The van der Waals surface area contributed by atoms with Gasteiger partial charge in [-0.1, -0.05) is 60.7 Å². The summed E-state index contributed by atoms with van der Waals surface area (Å²) in [6.45, 7) is 0.512. The molecule has 0 atom stereocenters. The molecule has 0 saturated heterocycles. The number of esters is 1. The third-order valence-electron chi connectivity index (χ3n) is 4.07. The molecule has 1 aliphatic rings. The highest BCUT2D eigenvalue weighted by Gasteiger charge is 2.23. The van der Waals surface area contributed by atoms with Crippen LogP contribution in [0.4, 0.5) is 0 Å². The zero-order valence-electron chi connectivity index (χ0n) is 14.5. The maximum Gasteiger partial charge on any atom is 0.363 e. The Morgan fingerprint density at radius 2 is 1.52 bits per heavy atom. The van der Waals surface area contributed by atoms with Crippen LogP contribution in [0, 0.1) is 0 Å². The van der Waals surface area contributed by atoms with Crippen molar-refractivity contribution in [2.45, 2.75) is 6.61 Å². The van der Waals surface area contributed by atoms with Crippen molar-refractivity contribution in [1.82, 2.24) is 0 Å². The highest BCUT2D eigenvalue weighted by atomic mass is 16.6. The number of aliphatic imine (C=N–C) groups is 1. The fraction of sp³-hybridized carbons (Fsp3) is 0.0435. The molecule has 1 aliphatic heterocycles. The molecule has 0 unspecified atom stereocenters. The van der Waals surface area contributed by atoms with E-state index in [-0.39, 0.29) is 5.70 Å². The average Bonchev–Trinajstić information content (AvgIpc) is 3.09. The van der Waals surface area contributed by atoms with E-state index >= 15 is 0 Å². The number of hydrogen-bond donors (Lipinski definition) is 0. The summed E-state index contributed by atoms with van der Waals surface area (Å²) in [5.41, 5.74) is 3.03. The summed E-state index contributed by atoms with van der Waals surface area (Å²) in [4.78, 5) is 16.4. The topological polar surface area (TPSA) is 47.9 Å². The first-order chi connectivity index (χ1) is 13.3. The molecule has 27 heavy (non-hydrogen) atoms. The van der Waals surface area contributed by atoms with E-state index in [2.05, 4.69) is 4.99 Å². The maximum atomic E-state index is 12.1. The van der Waals surface area contributed by atoms with Crippen LogP contribution in [0.15, 0.2) is 95.6 Å². The molecule has 0 fully saturated rings. The Morgan fingerprint density at radius 1 is 0.852 bits per heavy atom. The summed E-state index contributed by atoms with van der Waals surface area (Å²) in [5.74, 6) is 0.649. The van der Waals surface area contributed by atoms with Gasteiger partial charge in [-0.3, -0.25) is 0 Å².